The number of hydrogen-bond acceptors (Lipinski definition) is 4. The highest BCUT2D eigenvalue weighted by Crippen LogP contribution is 2.27. The molecule has 3 aromatic rings. The SMILES string of the molecule is CCCNC(=O)C(Cc1ccccc1)N(Cc1cccc(Br)c1)C(=O)CCCN(c1cc(Cl)ccc1C)S(C)(=O)=O. The van der Waals surface area contributed by atoms with Gasteiger partial charge in [0.05, 0.1) is 11.9 Å². The summed E-state index contributed by atoms with van der Waals surface area (Å²) < 4.78 is 27.6. The van der Waals surface area contributed by atoms with Crippen LogP contribution in [0.3, 0.4) is 0 Å². The topological polar surface area (TPSA) is 86.8 Å². The third-order valence-electron chi connectivity index (χ3n) is 6.65. The number of sulfonamides is 1. The van der Waals surface area contributed by atoms with Crippen LogP contribution in [0.1, 0.15) is 42.9 Å². The van der Waals surface area contributed by atoms with Crippen molar-refractivity contribution in [3.05, 3.63) is 99.0 Å². The van der Waals surface area contributed by atoms with Crippen LogP contribution in [0.2, 0.25) is 5.02 Å². The molecule has 1 unspecified atom stereocenters. The van der Waals surface area contributed by atoms with Gasteiger partial charge in [-0.3, -0.25) is 13.9 Å². The third-order valence-corrected chi connectivity index (χ3v) is 8.56. The molecule has 2 amide bonds. The number of nitrogens with zero attached hydrogens (tertiary/aromatic N) is 2. The van der Waals surface area contributed by atoms with Crippen molar-refractivity contribution < 1.29 is 18.0 Å². The van der Waals surface area contributed by atoms with E-state index < -0.39 is 16.1 Å². The van der Waals surface area contributed by atoms with E-state index in [1.165, 1.54) is 4.31 Å². The molecule has 41 heavy (non-hydrogen) atoms. The maximum Gasteiger partial charge on any atom is 0.243 e. The molecule has 1 N–H and O–H groups in total. The monoisotopic (exact) mass is 661 g/mol. The van der Waals surface area contributed by atoms with Crippen molar-refractivity contribution in [2.24, 2.45) is 0 Å². The largest absolute Gasteiger partial charge is 0.354 e. The minimum absolute atomic E-state index is 0.0615. The Bertz CT molecular complexity index is 1440. The Kier molecular flexibility index (Phi) is 12.2. The average molecular weight is 663 g/mol. The van der Waals surface area contributed by atoms with Crippen molar-refractivity contribution in [1.29, 1.82) is 0 Å². The lowest BCUT2D eigenvalue weighted by molar-refractivity contribution is -0.141. The molecule has 0 spiro atoms. The van der Waals surface area contributed by atoms with Gasteiger partial charge in [0.1, 0.15) is 6.04 Å². The molecule has 0 aliphatic heterocycles. The summed E-state index contributed by atoms with van der Waals surface area (Å²) in [5.41, 5.74) is 3.06. The van der Waals surface area contributed by atoms with Gasteiger partial charge in [0.25, 0.3) is 0 Å². The summed E-state index contributed by atoms with van der Waals surface area (Å²) in [6.45, 7) is 4.63. The molecule has 1 atom stereocenters. The van der Waals surface area contributed by atoms with Gasteiger partial charge >= 0.3 is 0 Å². The van der Waals surface area contributed by atoms with E-state index in [1.807, 2.05) is 68.4 Å². The number of halogens is 2. The number of carbonyl (C=O) groups excluding carboxylic acids is 2. The summed E-state index contributed by atoms with van der Waals surface area (Å²) in [6.07, 6.45) is 2.59. The predicted molar refractivity (Wildman–Crippen MR) is 170 cm³/mol. The van der Waals surface area contributed by atoms with Crippen LogP contribution in [-0.4, -0.2) is 50.5 Å². The molecule has 3 aromatic carbocycles. The van der Waals surface area contributed by atoms with Gasteiger partial charge in [-0.15, -0.1) is 0 Å². The van der Waals surface area contributed by atoms with Crippen LogP contribution in [0.25, 0.3) is 0 Å². The maximum atomic E-state index is 13.9. The molecule has 0 aromatic heterocycles. The summed E-state index contributed by atoms with van der Waals surface area (Å²) in [6, 6.07) is 21.6. The fourth-order valence-corrected chi connectivity index (χ4v) is 6.21. The van der Waals surface area contributed by atoms with E-state index in [2.05, 4.69) is 21.2 Å². The fourth-order valence-electron chi connectivity index (χ4n) is 4.59. The molecule has 0 saturated heterocycles. The van der Waals surface area contributed by atoms with Gasteiger partial charge in [0, 0.05) is 42.0 Å². The van der Waals surface area contributed by atoms with Crippen LogP contribution >= 0.6 is 27.5 Å². The lowest BCUT2D eigenvalue weighted by Crippen LogP contribution is -2.50. The lowest BCUT2D eigenvalue weighted by atomic mass is 10.0. The second-order valence-electron chi connectivity index (χ2n) is 10.0. The molecule has 3 rings (SSSR count). The molecule has 0 heterocycles. The number of rotatable bonds is 14. The first-order valence-electron chi connectivity index (χ1n) is 13.6. The Labute approximate surface area is 257 Å². The van der Waals surface area contributed by atoms with E-state index in [-0.39, 0.29) is 37.7 Å². The van der Waals surface area contributed by atoms with Crippen LogP contribution < -0.4 is 9.62 Å². The van der Waals surface area contributed by atoms with E-state index in [4.69, 9.17) is 11.6 Å². The van der Waals surface area contributed by atoms with E-state index in [0.717, 1.165) is 33.8 Å². The van der Waals surface area contributed by atoms with Crippen molar-refractivity contribution >= 4 is 55.1 Å². The summed E-state index contributed by atoms with van der Waals surface area (Å²) in [5.74, 6) is -0.444. The van der Waals surface area contributed by atoms with Crippen LogP contribution in [0.4, 0.5) is 5.69 Å². The highest BCUT2D eigenvalue weighted by atomic mass is 79.9. The Hall–Kier alpha value is -2.88. The number of aryl methyl sites for hydroxylation is 1. The quantitative estimate of drug-likeness (QED) is 0.225. The van der Waals surface area contributed by atoms with E-state index >= 15 is 0 Å². The molecule has 10 heteroatoms. The summed E-state index contributed by atoms with van der Waals surface area (Å²) >= 11 is 9.67. The van der Waals surface area contributed by atoms with Gasteiger partial charge < -0.3 is 10.2 Å². The first kappa shape index (κ1) is 32.6. The van der Waals surface area contributed by atoms with Crippen molar-refractivity contribution in [1.82, 2.24) is 10.2 Å². The van der Waals surface area contributed by atoms with Gasteiger partial charge in [0.2, 0.25) is 21.8 Å². The van der Waals surface area contributed by atoms with Crippen LogP contribution in [0.15, 0.2) is 77.3 Å². The number of carbonyl (C=O) groups is 2. The molecule has 0 bridgehead atoms. The highest BCUT2D eigenvalue weighted by molar-refractivity contribution is 9.10. The number of anilines is 1. The van der Waals surface area contributed by atoms with Gasteiger partial charge in [-0.1, -0.05) is 83.0 Å². The summed E-state index contributed by atoms with van der Waals surface area (Å²) in [7, 11) is -3.63. The molecule has 0 aliphatic rings. The van der Waals surface area contributed by atoms with E-state index in [9.17, 15) is 18.0 Å². The minimum Gasteiger partial charge on any atom is -0.354 e. The summed E-state index contributed by atoms with van der Waals surface area (Å²) in [4.78, 5) is 29.0. The lowest BCUT2D eigenvalue weighted by Gasteiger charge is -2.32. The highest BCUT2D eigenvalue weighted by Gasteiger charge is 2.30. The Morgan fingerprint density at radius 1 is 1.00 bits per heavy atom. The fraction of sp³-hybridized carbons (Fsp3) is 0.355. The molecule has 220 valence electrons. The summed E-state index contributed by atoms with van der Waals surface area (Å²) in [5, 5.41) is 3.40. The van der Waals surface area contributed by atoms with E-state index in [0.29, 0.717) is 23.7 Å². The molecule has 0 saturated carbocycles. The minimum atomic E-state index is -3.63. The standard InChI is InChI=1S/C31H37BrClN3O4S/c1-4-17-34-31(38)29(20-24-10-6-5-7-11-24)35(22-25-12-8-13-26(32)19-25)30(37)14-9-18-36(41(3,39)40)28-21-27(33)16-15-23(28)2/h5-8,10-13,15-16,19,21,29H,4,9,14,17-18,20,22H2,1-3H3,(H,34,38). The van der Waals surface area contributed by atoms with Crippen LogP contribution in [0.5, 0.6) is 0 Å². The smallest absolute Gasteiger partial charge is 0.243 e. The van der Waals surface area contributed by atoms with Crippen molar-refractivity contribution in [3.8, 4) is 0 Å². The van der Waals surface area contributed by atoms with Crippen LogP contribution in [-0.2, 0) is 32.6 Å². The zero-order chi connectivity index (χ0) is 30.0. The van der Waals surface area contributed by atoms with Crippen molar-refractivity contribution in [2.75, 3.05) is 23.7 Å². The molecule has 0 radical (unpaired) electrons. The number of hydrogen-bond donors (Lipinski definition) is 1. The Morgan fingerprint density at radius 2 is 1.71 bits per heavy atom. The maximum absolute atomic E-state index is 13.9. The van der Waals surface area contributed by atoms with Gasteiger partial charge in [-0.25, -0.2) is 8.42 Å². The van der Waals surface area contributed by atoms with Crippen molar-refractivity contribution in [3.63, 3.8) is 0 Å². The third kappa shape index (κ3) is 9.87. The number of amides is 2. The Balaban J connectivity index is 1.89. The Morgan fingerprint density at radius 3 is 2.37 bits per heavy atom. The zero-order valence-electron chi connectivity index (χ0n) is 23.6. The number of nitrogens with one attached hydrogen (secondary N) is 1. The first-order chi connectivity index (χ1) is 19.5. The molecular weight excluding hydrogens is 626 g/mol. The zero-order valence-corrected chi connectivity index (χ0v) is 26.8. The van der Waals surface area contributed by atoms with Gasteiger partial charge in [0.15, 0.2) is 0 Å². The normalized spacial score (nSPS) is 12.0. The molecule has 7 nitrogen and oxygen atoms in total. The average Bonchev–Trinajstić information content (AvgIpc) is 2.93. The predicted octanol–water partition coefficient (Wildman–Crippen LogP) is 6.12. The van der Waals surface area contributed by atoms with Crippen LogP contribution in [0, 0.1) is 6.92 Å². The van der Waals surface area contributed by atoms with E-state index in [1.54, 1.807) is 23.1 Å². The molecule has 0 fully saturated rings. The number of benzene rings is 3. The second-order valence-corrected chi connectivity index (χ2v) is 13.3. The van der Waals surface area contributed by atoms with Gasteiger partial charge in [-0.2, -0.15) is 0 Å². The first-order valence-corrected chi connectivity index (χ1v) is 16.6. The molecule has 0 aliphatic carbocycles. The second kappa shape index (κ2) is 15.4. The van der Waals surface area contributed by atoms with Gasteiger partial charge in [-0.05, 0) is 60.7 Å². The molecular formula is C31H37BrClN3O4S. The van der Waals surface area contributed by atoms with Crippen molar-refractivity contribution in [2.45, 2.75) is 52.1 Å².